The van der Waals surface area contributed by atoms with E-state index in [0.29, 0.717) is 10.8 Å². The van der Waals surface area contributed by atoms with Gasteiger partial charge in [0.1, 0.15) is 11.6 Å². The van der Waals surface area contributed by atoms with Crippen LogP contribution >= 0.6 is 0 Å². The van der Waals surface area contributed by atoms with E-state index in [4.69, 9.17) is 5.10 Å². The summed E-state index contributed by atoms with van der Waals surface area (Å²) in [6, 6.07) is 31.8. The van der Waals surface area contributed by atoms with Crippen molar-refractivity contribution in [1.29, 1.82) is 0 Å². The molecule has 7 aromatic rings. The van der Waals surface area contributed by atoms with E-state index in [2.05, 4.69) is 30.3 Å². The Balaban J connectivity index is 1.38. The number of pyridine rings is 1. The Hall–Kier alpha value is -4.51. The highest BCUT2D eigenvalue weighted by atomic mass is 19.1. The Morgan fingerprint density at radius 3 is 1.97 bits per heavy atom. The van der Waals surface area contributed by atoms with E-state index >= 15 is 0 Å². The third-order valence-electron chi connectivity index (χ3n) is 6.45. The molecule has 34 heavy (non-hydrogen) atoms. The van der Waals surface area contributed by atoms with Crippen LogP contribution in [0.4, 0.5) is 8.78 Å². The molecule has 0 N–H and O–H groups in total. The number of rotatable bonds is 2. The van der Waals surface area contributed by atoms with E-state index in [0.717, 1.165) is 44.4 Å². The van der Waals surface area contributed by atoms with Crippen molar-refractivity contribution in [2.24, 2.45) is 0 Å². The first kappa shape index (κ1) is 19.0. The number of nitrogens with zero attached hydrogens (tertiary/aromatic N) is 3. The van der Waals surface area contributed by atoms with E-state index < -0.39 is 0 Å². The molecule has 0 saturated heterocycles. The first-order valence-corrected chi connectivity index (χ1v) is 11.0. The molecule has 3 aromatic heterocycles. The number of benzene rings is 4. The van der Waals surface area contributed by atoms with Crippen LogP contribution < -0.4 is 0 Å². The second kappa shape index (κ2) is 6.99. The van der Waals surface area contributed by atoms with Crippen LogP contribution in [-0.4, -0.2) is 14.2 Å². The van der Waals surface area contributed by atoms with Crippen LogP contribution in [0, 0.1) is 11.6 Å². The number of aromatic nitrogens is 3. The lowest BCUT2D eigenvalue weighted by atomic mass is 10.1. The summed E-state index contributed by atoms with van der Waals surface area (Å²) in [4.78, 5) is 0. The van der Waals surface area contributed by atoms with Crippen molar-refractivity contribution in [1.82, 2.24) is 14.2 Å². The summed E-state index contributed by atoms with van der Waals surface area (Å²) in [5.74, 6) is -0.684. The van der Waals surface area contributed by atoms with Gasteiger partial charge < -0.3 is 4.57 Å². The number of hydrogen-bond donors (Lipinski definition) is 0. The highest BCUT2D eigenvalue weighted by molar-refractivity contribution is 6.09. The van der Waals surface area contributed by atoms with Crippen LogP contribution in [0.3, 0.4) is 0 Å². The van der Waals surface area contributed by atoms with E-state index in [1.807, 2.05) is 45.5 Å². The van der Waals surface area contributed by atoms with Gasteiger partial charge in [0.15, 0.2) is 0 Å². The summed E-state index contributed by atoms with van der Waals surface area (Å²) in [6.45, 7) is 0. The molecule has 0 aliphatic rings. The van der Waals surface area contributed by atoms with Gasteiger partial charge in [0.2, 0.25) is 0 Å². The quantitative estimate of drug-likeness (QED) is 0.270. The van der Waals surface area contributed by atoms with Crippen LogP contribution in [0.25, 0.3) is 55.2 Å². The molecule has 0 saturated carbocycles. The molecular weight excluding hydrogens is 428 g/mol. The molecule has 3 heterocycles. The minimum atomic E-state index is -0.342. The second-order valence-corrected chi connectivity index (χ2v) is 8.46. The summed E-state index contributed by atoms with van der Waals surface area (Å²) in [5, 5.41) is 7.36. The topological polar surface area (TPSA) is 22.2 Å². The lowest BCUT2D eigenvalue weighted by Crippen LogP contribution is -1.94. The van der Waals surface area contributed by atoms with E-state index in [1.165, 1.54) is 24.3 Å². The number of para-hydroxylation sites is 1. The first-order chi connectivity index (χ1) is 16.7. The van der Waals surface area contributed by atoms with Gasteiger partial charge in [-0.25, -0.2) is 13.3 Å². The maximum Gasteiger partial charge on any atom is 0.123 e. The summed E-state index contributed by atoms with van der Waals surface area (Å²) >= 11 is 0. The van der Waals surface area contributed by atoms with Gasteiger partial charge in [-0.2, -0.15) is 5.10 Å². The predicted molar refractivity (Wildman–Crippen MR) is 132 cm³/mol. The molecule has 0 radical (unpaired) electrons. The monoisotopic (exact) mass is 445 g/mol. The van der Waals surface area contributed by atoms with E-state index in [9.17, 15) is 8.78 Å². The zero-order valence-corrected chi connectivity index (χ0v) is 17.9. The molecule has 162 valence electrons. The van der Waals surface area contributed by atoms with Crippen LogP contribution in [0.15, 0.2) is 103 Å². The third-order valence-corrected chi connectivity index (χ3v) is 6.45. The predicted octanol–water partition coefficient (Wildman–Crippen LogP) is 7.53. The van der Waals surface area contributed by atoms with Crippen LogP contribution in [-0.2, 0) is 0 Å². The average Bonchev–Trinajstić information content (AvgIpc) is 3.43. The van der Waals surface area contributed by atoms with E-state index in [1.54, 1.807) is 12.1 Å². The van der Waals surface area contributed by atoms with Crippen molar-refractivity contribution < 1.29 is 8.78 Å². The van der Waals surface area contributed by atoms with Gasteiger partial charge in [-0.3, -0.25) is 0 Å². The van der Waals surface area contributed by atoms with Crippen molar-refractivity contribution in [2.45, 2.75) is 0 Å². The zero-order valence-electron chi connectivity index (χ0n) is 17.9. The van der Waals surface area contributed by atoms with Crippen molar-refractivity contribution in [3.05, 3.63) is 115 Å². The molecule has 5 heteroatoms. The lowest BCUT2D eigenvalue weighted by Gasteiger charge is -2.08. The summed E-state index contributed by atoms with van der Waals surface area (Å²) in [7, 11) is 0. The van der Waals surface area contributed by atoms with Gasteiger partial charge in [-0.05, 0) is 66.7 Å². The standard InChI is InChI=1S/C29H17F2N3/c30-20-8-13-28-24(15-20)25-16-21(31)9-14-29(25)33(28)22-10-5-18(6-11-22)26-17-23-12-7-19-3-1-2-4-27(19)34(23)32-26/h1-17H. The van der Waals surface area contributed by atoms with Crippen molar-refractivity contribution in [2.75, 3.05) is 0 Å². The molecule has 0 aliphatic carbocycles. The number of halogens is 2. The fraction of sp³-hybridized carbons (Fsp3) is 0. The smallest absolute Gasteiger partial charge is 0.123 e. The molecule has 0 bridgehead atoms. The van der Waals surface area contributed by atoms with Crippen LogP contribution in [0.2, 0.25) is 0 Å². The Kier molecular flexibility index (Phi) is 3.91. The lowest BCUT2D eigenvalue weighted by molar-refractivity contribution is 0.628. The molecule has 0 spiro atoms. The SMILES string of the molecule is Fc1ccc2c(c1)c1cc(F)ccc1n2-c1ccc(-c2cc3ccc4ccccc4n3n2)cc1. The Labute approximate surface area is 193 Å². The van der Waals surface area contributed by atoms with Crippen molar-refractivity contribution in [3.8, 4) is 16.9 Å². The maximum absolute atomic E-state index is 14.0. The molecule has 0 aliphatic heterocycles. The minimum absolute atomic E-state index is 0.342. The molecule has 0 atom stereocenters. The third kappa shape index (κ3) is 2.77. The largest absolute Gasteiger partial charge is 0.309 e. The van der Waals surface area contributed by atoms with Gasteiger partial charge in [0.25, 0.3) is 0 Å². The summed E-state index contributed by atoms with van der Waals surface area (Å²) in [5.41, 5.74) is 6.54. The highest BCUT2D eigenvalue weighted by Gasteiger charge is 2.14. The first-order valence-electron chi connectivity index (χ1n) is 11.0. The second-order valence-electron chi connectivity index (χ2n) is 8.46. The van der Waals surface area contributed by atoms with Crippen molar-refractivity contribution in [3.63, 3.8) is 0 Å². The summed E-state index contributed by atoms with van der Waals surface area (Å²) in [6.07, 6.45) is 0. The Bertz CT molecular complexity index is 1820. The number of hydrogen-bond acceptors (Lipinski definition) is 1. The Morgan fingerprint density at radius 1 is 0.588 bits per heavy atom. The number of fused-ring (bicyclic) bond motifs is 6. The zero-order chi connectivity index (χ0) is 22.8. The van der Waals surface area contributed by atoms with Gasteiger partial charge in [0, 0.05) is 27.4 Å². The van der Waals surface area contributed by atoms with Crippen molar-refractivity contribution >= 4 is 38.2 Å². The highest BCUT2D eigenvalue weighted by Crippen LogP contribution is 2.34. The van der Waals surface area contributed by atoms with Crippen LogP contribution in [0.5, 0.6) is 0 Å². The van der Waals surface area contributed by atoms with Gasteiger partial charge in [0.05, 0.1) is 27.8 Å². The maximum atomic E-state index is 14.0. The molecule has 0 unspecified atom stereocenters. The Morgan fingerprint density at radius 2 is 1.26 bits per heavy atom. The normalized spacial score (nSPS) is 11.8. The molecule has 7 rings (SSSR count). The molecule has 0 amide bonds. The van der Waals surface area contributed by atoms with Crippen LogP contribution in [0.1, 0.15) is 0 Å². The average molecular weight is 445 g/mol. The van der Waals surface area contributed by atoms with Gasteiger partial charge in [-0.15, -0.1) is 0 Å². The van der Waals surface area contributed by atoms with E-state index in [-0.39, 0.29) is 11.6 Å². The summed E-state index contributed by atoms with van der Waals surface area (Å²) < 4.78 is 32.0. The fourth-order valence-corrected chi connectivity index (χ4v) is 4.87. The molecule has 0 fully saturated rings. The minimum Gasteiger partial charge on any atom is -0.309 e. The fourth-order valence-electron chi connectivity index (χ4n) is 4.87. The van der Waals surface area contributed by atoms with Gasteiger partial charge >= 0.3 is 0 Å². The molecule has 3 nitrogen and oxygen atoms in total. The molecule has 4 aromatic carbocycles. The van der Waals surface area contributed by atoms with Gasteiger partial charge in [-0.1, -0.05) is 36.4 Å². The molecular formula is C29H17F2N3.